The van der Waals surface area contributed by atoms with E-state index < -0.39 is 10.0 Å². The lowest BCUT2D eigenvalue weighted by Crippen LogP contribution is -2.45. The number of para-hydroxylation sites is 1. The van der Waals surface area contributed by atoms with E-state index in [0.717, 1.165) is 45.2 Å². The van der Waals surface area contributed by atoms with Crippen molar-refractivity contribution < 1.29 is 22.7 Å². The van der Waals surface area contributed by atoms with Crippen LogP contribution < -0.4 is 20.1 Å². The molecule has 0 saturated carbocycles. The van der Waals surface area contributed by atoms with E-state index in [1.54, 1.807) is 22.5 Å². The van der Waals surface area contributed by atoms with Gasteiger partial charge in [0, 0.05) is 19.1 Å². The Balaban J connectivity index is 1.41. The van der Waals surface area contributed by atoms with Crippen molar-refractivity contribution in [2.24, 2.45) is 5.92 Å². The third-order valence-corrected chi connectivity index (χ3v) is 8.66. The van der Waals surface area contributed by atoms with Gasteiger partial charge in [-0.25, -0.2) is 12.7 Å². The summed E-state index contributed by atoms with van der Waals surface area (Å²) in [6, 6.07) is 5.29. The zero-order chi connectivity index (χ0) is 22.4. The van der Waals surface area contributed by atoms with Gasteiger partial charge in [0.2, 0.25) is 10.0 Å². The summed E-state index contributed by atoms with van der Waals surface area (Å²) in [5.74, 6) is 1.37. The number of sulfonamides is 1. The second-order valence-electron chi connectivity index (χ2n) is 8.92. The molecule has 3 aliphatic heterocycles. The average Bonchev–Trinajstić information content (AvgIpc) is 2.84. The van der Waals surface area contributed by atoms with E-state index in [2.05, 4.69) is 10.6 Å². The summed E-state index contributed by atoms with van der Waals surface area (Å²) in [5.41, 5.74) is 0.474. The summed E-state index contributed by atoms with van der Waals surface area (Å²) in [7, 11) is -3.23. The molecule has 178 valence electrons. The minimum atomic E-state index is -3.23. The van der Waals surface area contributed by atoms with E-state index in [4.69, 9.17) is 9.47 Å². The molecule has 3 aliphatic rings. The average molecular weight is 466 g/mol. The van der Waals surface area contributed by atoms with Crippen LogP contribution in [-0.2, 0) is 10.0 Å². The third-order valence-electron chi connectivity index (χ3n) is 6.71. The topological polar surface area (TPSA) is 97.0 Å². The van der Waals surface area contributed by atoms with Gasteiger partial charge < -0.3 is 20.1 Å². The first-order chi connectivity index (χ1) is 15.5. The Morgan fingerprint density at radius 2 is 1.88 bits per heavy atom. The van der Waals surface area contributed by atoms with Gasteiger partial charge in [-0.2, -0.15) is 0 Å². The molecular formula is C23H35N3O5S. The predicted octanol–water partition coefficient (Wildman–Crippen LogP) is 2.15. The maximum absolute atomic E-state index is 13.2. The quantitative estimate of drug-likeness (QED) is 0.611. The number of benzene rings is 1. The van der Waals surface area contributed by atoms with Gasteiger partial charge in [0.25, 0.3) is 5.91 Å². The van der Waals surface area contributed by atoms with Crippen LogP contribution in [0.25, 0.3) is 0 Å². The highest BCUT2D eigenvalue weighted by Gasteiger charge is 2.29. The predicted molar refractivity (Wildman–Crippen MR) is 123 cm³/mol. The van der Waals surface area contributed by atoms with E-state index in [0.29, 0.717) is 62.1 Å². The van der Waals surface area contributed by atoms with E-state index in [1.165, 1.54) is 0 Å². The normalized spacial score (nSPS) is 21.1. The van der Waals surface area contributed by atoms with Crippen LogP contribution in [0.4, 0.5) is 0 Å². The highest BCUT2D eigenvalue weighted by atomic mass is 32.2. The van der Waals surface area contributed by atoms with E-state index in [1.807, 2.05) is 0 Å². The number of carbonyl (C=O) groups excluding carboxylic acids is 1. The molecule has 2 saturated heterocycles. The molecule has 1 aromatic rings. The SMILES string of the molecule is O=C(NC(CCCS(=O)(=O)N1CCCCC1)C1CCNCC1)c1cccc2c1OCCO2. The first-order valence-electron chi connectivity index (χ1n) is 11.9. The van der Waals surface area contributed by atoms with Gasteiger partial charge >= 0.3 is 0 Å². The first-order valence-corrected chi connectivity index (χ1v) is 13.5. The van der Waals surface area contributed by atoms with Gasteiger partial charge in [0.1, 0.15) is 13.2 Å². The lowest BCUT2D eigenvalue weighted by atomic mass is 9.87. The molecule has 3 heterocycles. The maximum Gasteiger partial charge on any atom is 0.255 e. The second-order valence-corrected chi connectivity index (χ2v) is 11.0. The Hall–Kier alpha value is -1.84. The van der Waals surface area contributed by atoms with Gasteiger partial charge in [-0.15, -0.1) is 0 Å². The Morgan fingerprint density at radius 3 is 2.66 bits per heavy atom. The molecule has 1 aromatic carbocycles. The zero-order valence-electron chi connectivity index (χ0n) is 18.7. The van der Waals surface area contributed by atoms with Crippen LogP contribution in [0.3, 0.4) is 0 Å². The van der Waals surface area contributed by atoms with Gasteiger partial charge in [0.05, 0.1) is 11.3 Å². The largest absolute Gasteiger partial charge is 0.486 e. The molecule has 9 heteroatoms. The Labute approximate surface area is 191 Å². The van der Waals surface area contributed by atoms with Gasteiger partial charge in [-0.1, -0.05) is 12.5 Å². The Morgan fingerprint density at radius 1 is 1.12 bits per heavy atom. The Bertz CT molecular complexity index is 880. The highest BCUT2D eigenvalue weighted by molar-refractivity contribution is 7.89. The van der Waals surface area contributed by atoms with Crippen LogP contribution in [0.5, 0.6) is 11.5 Å². The van der Waals surface area contributed by atoms with Crippen molar-refractivity contribution in [1.29, 1.82) is 0 Å². The van der Waals surface area contributed by atoms with Crippen molar-refractivity contribution in [2.45, 2.75) is 51.0 Å². The molecule has 0 bridgehead atoms. The van der Waals surface area contributed by atoms with Crippen LogP contribution >= 0.6 is 0 Å². The lowest BCUT2D eigenvalue weighted by Gasteiger charge is -2.32. The number of amides is 1. The van der Waals surface area contributed by atoms with Crippen molar-refractivity contribution in [3.8, 4) is 11.5 Å². The number of nitrogens with one attached hydrogen (secondary N) is 2. The highest BCUT2D eigenvalue weighted by Crippen LogP contribution is 2.34. The zero-order valence-corrected chi connectivity index (χ0v) is 19.5. The number of carbonyl (C=O) groups is 1. The minimum absolute atomic E-state index is 0.0680. The standard InChI is InChI=1S/C23H35N3O5S/c27-23(19-6-4-8-21-22(19)31-16-15-30-21)25-20(18-9-11-24-12-10-18)7-5-17-32(28,29)26-13-2-1-3-14-26/h4,6,8,18,20,24H,1-3,5,7,9-17H2,(H,25,27). The molecule has 32 heavy (non-hydrogen) atoms. The molecule has 0 aromatic heterocycles. The number of hydrogen-bond donors (Lipinski definition) is 2. The molecule has 8 nitrogen and oxygen atoms in total. The summed E-state index contributed by atoms with van der Waals surface area (Å²) in [6.45, 7) is 4.00. The van der Waals surface area contributed by atoms with Crippen LogP contribution in [0, 0.1) is 5.92 Å². The molecular weight excluding hydrogens is 430 g/mol. The van der Waals surface area contributed by atoms with Gasteiger partial charge in [0.15, 0.2) is 11.5 Å². The lowest BCUT2D eigenvalue weighted by molar-refractivity contribution is 0.0900. The Kier molecular flexibility index (Phi) is 7.91. The minimum Gasteiger partial charge on any atom is -0.486 e. The smallest absolute Gasteiger partial charge is 0.255 e. The van der Waals surface area contributed by atoms with E-state index >= 15 is 0 Å². The number of hydrogen-bond acceptors (Lipinski definition) is 6. The fourth-order valence-electron chi connectivity index (χ4n) is 4.93. The fraction of sp³-hybridized carbons (Fsp3) is 0.696. The second kappa shape index (κ2) is 10.9. The molecule has 0 spiro atoms. The third kappa shape index (κ3) is 5.74. The number of piperidine rings is 2. The molecule has 1 atom stereocenters. The van der Waals surface area contributed by atoms with Crippen molar-refractivity contribution in [3.63, 3.8) is 0 Å². The molecule has 1 unspecified atom stereocenters. The molecule has 4 rings (SSSR count). The number of ether oxygens (including phenoxy) is 2. The van der Waals surface area contributed by atoms with Crippen molar-refractivity contribution in [1.82, 2.24) is 14.9 Å². The van der Waals surface area contributed by atoms with Crippen LogP contribution in [0.2, 0.25) is 0 Å². The molecule has 2 N–H and O–H groups in total. The van der Waals surface area contributed by atoms with Gasteiger partial charge in [-0.05, 0) is 69.7 Å². The molecule has 1 amide bonds. The molecule has 0 radical (unpaired) electrons. The first kappa shape index (κ1) is 23.3. The fourth-order valence-corrected chi connectivity index (χ4v) is 6.53. The summed E-state index contributed by atoms with van der Waals surface area (Å²) >= 11 is 0. The van der Waals surface area contributed by atoms with Crippen molar-refractivity contribution in [2.75, 3.05) is 45.1 Å². The summed E-state index contributed by atoms with van der Waals surface area (Å²) in [6.07, 6.45) is 6.12. The molecule has 2 fully saturated rings. The summed E-state index contributed by atoms with van der Waals surface area (Å²) in [5, 5.41) is 6.58. The van der Waals surface area contributed by atoms with Crippen LogP contribution in [-0.4, -0.2) is 69.8 Å². The van der Waals surface area contributed by atoms with Gasteiger partial charge in [-0.3, -0.25) is 4.79 Å². The van der Waals surface area contributed by atoms with Crippen LogP contribution in [0.1, 0.15) is 55.3 Å². The van der Waals surface area contributed by atoms with Crippen molar-refractivity contribution in [3.05, 3.63) is 23.8 Å². The van der Waals surface area contributed by atoms with Crippen molar-refractivity contribution >= 4 is 15.9 Å². The summed E-state index contributed by atoms with van der Waals surface area (Å²) < 4.78 is 38.5. The van der Waals surface area contributed by atoms with Crippen LogP contribution in [0.15, 0.2) is 18.2 Å². The van der Waals surface area contributed by atoms with E-state index in [-0.39, 0.29) is 17.7 Å². The van der Waals surface area contributed by atoms with E-state index in [9.17, 15) is 13.2 Å². The summed E-state index contributed by atoms with van der Waals surface area (Å²) in [4.78, 5) is 13.2. The number of fused-ring (bicyclic) bond motifs is 1. The maximum atomic E-state index is 13.2. The number of nitrogens with zero attached hydrogens (tertiary/aromatic N) is 1. The monoisotopic (exact) mass is 465 g/mol. The number of rotatable bonds is 8. The molecule has 0 aliphatic carbocycles.